The third-order valence-corrected chi connectivity index (χ3v) is 3.21. The largest absolute Gasteiger partial charge is 0.349 e. The maximum absolute atomic E-state index is 12.0. The summed E-state index contributed by atoms with van der Waals surface area (Å²) in [6, 6.07) is 5.50. The summed E-state index contributed by atoms with van der Waals surface area (Å²) in [5.74, 6) is -0.474. The highest BCUT2D eigenvalue weighted by Gasteiger charge is 2.25. The minimum absolute atomic E-state index is 0.0467. The molecular formula is C15H20N2O4. The van der Waals surface area contributed by atoms with Crippen LogP contribution in [0.25, 0.3) is 0 Å². The Hall–Kier alpha value is -2.24. The fraction of sp³-hybridized carbons (Fsp3) is 0.467. The van der Waals surface area contributed by atoms with Gasteiger partial charge in [0.25, 0.3) is 5.69 Å². The molecule has 0 aromatic heterocycles. The molecule has 6 heteroatoms. The predicted molar refractivity (Wildman–Crippen MR) is 78.7 cm³/mol. The Balaban J connectivity index is 3.14. The van der Waals surface area contributed by atoms with Crippen molar-refractivity contribution in [2.75, 3.05) is 0 Å². The number of nitro benzene ring substituents is 1. The van der Waals surface area contributed by atoms with Crippen molar-refractivity contribution in [2.24, 2.45) is 5.92 Å². The maximum atomic E-state index is 12.0. The number of rotatable bonds is 7. The Morgan fingerprint density at radius 3 is 2.43 bits per heavy atom. The third kappa shape index (κ3) is 4.66. The number of benzene rings is 1. The van der Waals surface area contributed by atoms with Crippen LogP contribution in [0.15, 0.2) is 24.3 Å². The zero-order chi connectivity index (χ0) is 16.0. The van der Waals surface area contributed by atoms with E-state index in [1.165, 1.54) is 6.07 Å². The van der Waals surface area contributed by atoms with Crippen molar-refractivity contribution >= 4 is 17.4 Å². The lowest BCUT2D eigenvalue weighted by Crippen LogP contribution is -2.30. The normalized spacial score (nSPS) is 12.0. The maximum Gasteiger partial charge on any atom is 0.274 e. The smallest absolute Gasteiger partial charge is 0.274 e. The first-order valence-corrected chi connectivity index (χ1v) is 6.92. The van der Waals surface area contributed by atoms with Gasteiger partial charge in [-0.25, -0.2) is 0 Å². The molecule has 0 aliphatic heterocycles. The SMILES string of the molecule is CCC(=O)NC(CC(=O)C(C)C)c1ccccc1[N+](=O)[O-]. The second kappa shape index (κ2) is 7.52. The van der Waals surface area contributed by atoms with Gasteiger partial charge in [0.05, 0.1) is 16.5 Å². The van der Waals surface area contributed by atoms with Crippen molar-refractivity contribution < 1.29 is 14.5 Å². The topological polar surface area (TPSA) is 89.3 Å². The Bertz CT molecular complexity index is 540. The zero-order valence-corrected chi connectivity index (χ0v) is 12.5. The molecule has 0 radical (unpaired) electrons. The Morgan fingerprint density at radius 1 is 1.29 bits per heavy atom. The van der Waals surface area contributed by atoms with Gasteiger partial charge in [0.2, 0.25) is 5.91 Å². The molecule has 0 saturated heterocycles. The summed E-state index contributed by atoms with van der Waals surface area (Å²) >= 11 is 0. The standard InChI is InChI=1S/C15H20N2O4/c1-4-15(19)16-12(9-14(18)10(2)3)11-7-5-6-8-13(11)17(20)21/h5-8,10,12H,4,9H2,1-3H3,(H,16,19). The molecule has 6 nitrogen and oxygen atoms in total. The molecular weight excluding hydrogens is 272 g/mol. The number of carbonyl (C=O) groups is 2. The van der Waals surface area contributed by atoms with Crippen molar-refractivity contribution in [3.8, 4) is 0 Å². The first kappa shape index (κ1) is 16.8. The van der Waals surface area contributed by atoms with E-state index in [9.17, 15) is 19.7 Å². The van der Waals surface area contributed by atoms with Crippen LogP contribution in [0.3, 0.4) is 0 Å². The predicted octanol–water partition coefficient (Wildman–Crippen LogP) is 2.78. The summed E-state index contributed by atoms with van der Waals surface area (Å²) in [5, 5.41) is 13.8. The molecule has 0 fully saturated rings. The van der Waals surface area contributed by atoms with Gasteiger partial charge in [0, 0.05) is 24.8 Å². The van der Waals surface area contributed by atoms with Crippen LogP contribution < -0.4 is 5.32 Å². The molecule has 0 aliphatic rings. The Kier molecular flexibility index (Phi) is 6.02. The van der Waals surface area contributed by atoms with Gasteiger partial charge in [-0.1, -0.05) is 39.0 Å². The van der Waals surface area contributed by atoms with E-state index in [-0.39, 0.29) is 36.1 Å². The Labute approximate surface area is 123 Å². The number of hydrogen-bond donors (Lipinski definition) is 1. The lowest BCUT2D eigenvalue weighted by atomic mass is 9.95. The molecule has 1 unspecified atom stereocenters. The van der Waals surface area contributed by atoms with Gasteiger partial charge in [-0.05, 0) is 0 Å². The molecule has 0 spiro atoms. The van der Waals surface area contributed by atoms with E-state index in [1.54, 1.807) is 39.0 Å². The van der Waals surface area contributed by atoms with E-state index in [4.69, 9.17) is 0 Å². The van der Waals surface area contributed by atoms with Crippen LogP contribution in [0.4, 0.5) is 5.69 Å². The number of para-hydroxylation sites is 1. The van der Waals surface area contributed by atoms with Gasteiger partial charge < -0.3 is 5.32 Å². The number of carbonyl (C=O) groups excluding carboxylic acids is 2. The van der Waals surface area contributed by atoms with Crippen molar-refractivity contribution in [2.45, 2.75) is 39.7 Å². The zero-order valence-electron chi connectivity index (χ0n) is 12.5. The molecule has 0 saturated carbocycles. The highest BCUT2D eigenvalue weighted by molar-refractivity contribution is 5.83. The molecule has 1 N–H and O–H groups in total. The molecule has 114 valence electrons. The lowest BCUT2D eigenvalue weighted by molar-refractivity contribution is -0.385. The number of nitrogens with one attached hydrogen (secondary N) is 1. The molecule has 0 heterocycles. The molecule has 1 atom stereocenters. The number of nitrogens with zero attached hydrogens (tertiary/aromatic N) is 1. The number of amides is 1. The van der Waals surface area contributed by atoms with Crippen LogP contribution >= 0.6 is 0 Å². The summed E-state index contributed by atoms with van der Waals surface area (Å²) < 4.78 is 0. The van der Waals surface area contributed by atoms with Crippen LogP contribution in [-0.2, 0) is 9.59 Å². The average Bonchev–Trinajstić information content (AvgIpc) is 2.45. The van der Waals surface area contributed by atoms with Gasteiger partial charge in [-0.15, -0.1) is 0 Å². The minimum Gasteiger partial charge on any atom is -0.349 e. The van der Waals surface area contributed by atoms with Crippen LogP contribution in [0.1, 0.15) is 45.2 Å². The van der Waals surface area contributed by atoms with Crippen molar-refractivity contribution in [1.29, 1.82) is 0 Å². The Morgan fingerprint density at radius 2 is 1.90 bits per heavy atom. The number of ketones is 1. The third-order valence-electron chi connectivity index (χ3n) is 3.21. The summed E-state index contributed by atoms with van der Waals surface area (Å²) in [6.07, 6.45) is 0.307. The molecule has 1 aromatic rings. The molecule has 1 amide bonds. The quantitative estimate of drug-likeness (QED) is 0.618. The van der Waals surface area contributed by atoms with Crippen molar-refractivity contribution in [3.05, 3.63) is 39.9 Å². The van der Waals surface area contributed by atoms with E-state index in [1.807, 2.05) is 0 Å². The van der Waals surface area contributed by atoms with Crippen LogP contribution in [0.2, 0.25) is 0 Å². The van der Waals surface area contributed by atoms with Gasteiger partial charge in [0.15, 0.2) is 0 Å². The summed E-state index contributed by atoms with van der Waals surface area (Å²) in [6.45, 7) is 5.22. The van der Waals surface area contributed by atoms with Gasteiger partial charge >= 0.3 is 0 Å². The fourth-order valence-electron chi connectivity index (χ4n) is 1.92. The van der Waals surface area contributed by atoms with E-state index in [0.717, 1.165) is 0 Å². The second-order valence-corrected chi connectivity index (χ2v) is 5.11. The highest BCUT2D eigenvalue weighted by atomic mass is 16.6. The summed E-state index contributed by atoms with van der Waals surface area (Å²) in [4.78, 5) is 34.2. The molecule has 0 aliphatic carbocycles. The van der Waals surface area contributed by atoms with E-state index in [0.29, 0.717) is 5.56 Å². The number of Topliss-reactive ketones (excluding diaryl/α,β-unsaturated/α-hetero) is 1. The first-order chi connectivity index (χ1) is 9.86. The van der Waals surface area contributed by atoms with Gasteiger partial charge in [-0.3, -0.25) is 19.7 Å². The summed E-state index contributed by atoms with van der Waals surface area (Å²) in [5.41, 5.74) is 0.272. The fourth-order valence-corrected chi connectivity index (χ4v) is 1.92. The number of nitro groups is 1. The molecule has 1 rings (SSSR count). The molecule has 1 aromatic carbocycles. The molecule has 21 heavy (non-hydrogen) atoms. The van der Waals surface area contributed by atoms with Crippen LogP contribution in [0, 0.1) is 16.0 Å². The molecule has 0 bridgehead atoms. The highest BCUT2D eigenvalue weighted by Crippen LogP contribution is 2.28. The van der Waals surface area contributed by atoms with Gasteiger partial charge in [-0.2, -0.15) is 0 Å². The average molecular weight is 292 g/mol. The van der Waals surface area contributed by atoms with Crippen molar-refractivity contribution in [3.63, 3.8) is 0 Å². The van der Waals surface area contributed by atoms with E-state index < -0.39 is 11.0 Å². The van der Waals surface area contributed by atoms with Crippen LogP contribution in [0.5, 0.6) is 0 Å². The van der Waals surface area contributed by atoms with E-state index >= 15 is 0 Å². The summed E-state index contributed by atoms with van der Waals surface area (Å²) in [7, 11) is 0. The first-order valence-electron chi connectivity index (χ1n) is 6.92. The monoisotopic (exact) mass is 292 g/mol. The minimum atomic E-state index is -0.672. The van der Waals surface area contributed by atoms with Crippen molar-refractivity contribution in [1.82, 2.24) is 5.32 Å². The second-order valence-electron chi connectivity index (χ2n) is 5.11. The van der Waals surface area contributed by atoms with E-state index in [2.05, 4.69) is 5.32 Å². The number of hydrogen-bond acceptors (Lipinski definition) is 4. The lowest BCUT2D eigenvalue weighted by Gasteiger charge is -2.19. The van der Waals surface area contributed by atoms with Gasteiger partial charge in [0.1, 0.15) is 5.78 Å². The van der Waals surface area contributed by atoms with Crippen LogP contribution in [-0.4, -0.2) is 16.6 Å².